The van der Waals surface area contributed by atoms with E-state index in [2.05, 4.69) is 0 Å². The van der Waals surface area contributed by atoms with Crippen molar-refractivity contribution >= 4 is 18.2 Å². The number of carbonyl (C=O) groups excluding carboxylic acids is 1. The standard InChI is InChI=1S/C6H12O6.C4H6O6/c7-1-3(9)5(11)6(12)4(10)2-8;5-1(3(7)8)2(6)4(9)10/h1,3-6,8-12H,2H2;1-2,5-6H,(H,7,8)(H,9,10)/t3-,4+,5+,6+;1-,2-/m01/s1. The first-order valence-corrected chi connectivity index (χ1v) is 5.61. The molecule has 12 heteroatoms. The van der Waals surface area contributed by atoms with E-state index in [0.717, 1.165) is 0 Å². The van der Waals surface area contributed by atoms with Crippen molar-refractivity contribution in [2.75, 3.05) is 6.61 Å². The third-order valence-corrected chi connectivity index (χ3v) is 2.23. The van der Waals surface area contributed by atoms with E-state index in [1.807, 2.05) is 0 Å². The minimum Gasteiger partial charge on any atom is -0.479 e. The molecule has 0 spiro atoms. The Morgan fingerprint density at radius 3 is 1.41 bits per heavy atom. The summed E-state index contributed by atoms with van der Waals surface area (Å²) in [6, 6.07) is 0. The van der Waals surface area contributed by atoms with E-state index in [9.17, 15) is 14.4 Å². The van der Waals surface area contributed by atoms with Gasteiger partial charge >= 0.3 is 11.9 Å². The molecule has 0 heterocycles. The molecule has 0 saturated heterocycles. The van der Waals surface area contributed by atoms with Crippen LogP contribution in [0.5, 0.6) is 0 Å². The molecule has 0 saturated carbocycles. The van der Waals surface area contributed by atoms with Crippen molar-refractivity contribution in [1.29, 1.82) is 0 Å². The van der Waals surface area contributed by atoms with Gasteiger partial charge in [-0.15, -0.1) is 0 Å². The number of rotatable bonds is 8. The molecule has 0 rings (SSSR count). The van der Waals surface area contributed by atoms with Crippen molar-refractivity contribution < 1.29 is 60.3 Å². The summed E-state index contributed by atoms with van der Waals surface area (Å²) in [7, 11) is 0. The second-order valence-corrected chi connectivity index (χ2v) is 3.92. The smallest absolute Gasteiger partial charge is 0.335 e. The highest BCUT2D eigenvalue weighted by atomic mass is 16.4. The highest BCUT2D eigenvalue weighted by Crippen LogP contribution is 2.02. The number of carboxylic acids is 2. The Morgan fingerprint density at radius 1 is 0.818 bits per heavy atom. The number of carboxylic acid groups (broad SMARTS) is 2. The lowest BCUT2D eigenvalue weighted by molar-refractivity contribution is -0.165. The molecule has 9 N–H and O–H groups in total. The quantitative estimate of drug-likeness (QED) is 0.189. The van der Waals surface area contributed by atoms with Gasteiger partial charge in [0, 0.05) is 0 Å². The molecule has 0 aliphatic heterocycles. The van der Waals surface area contributed by atoms with Gasteiger partial charge in [0.25, 0.3) is 0 Å². The van der Waals surface area contributed by atoms with Gasteiger partial charge in [-0.05, 0) is 0 Å². The van der Waals surface area contributed by atoms with Crippen LogP contribution in [0.15, 0.2) is 0 Å². The van der Waals surface area contributed by atoms with Gasteiger partial charge in [0.1, 0.15) is 24.4 Å². The molecule has 130 valence electrons. The third kappa shape index (κ3) is 7.94. The maximum Gasteiger partial charge on any atom is 0.335 e. The number of aliphatic hydroxyl groups excluding tert-OH is 7. The Bertz CT molecular complexity index is 340. The van der Waals surface area contributed by atoms with Crippen LogP contribution in [0.4, 0.5) is 0 Å². The van der Waals surface area contributed by atoms with Gasteiger partial charge in [-0.25, -0.2) is 9.59 Å². The van der Waals surface area contributed by atoms with Crippen LogP contribution in [-0.4, -0.2) is 107 Å². The van der Waals surface area contributed by atoms with E-state index < -0.39 is 55.2 Å². The predicted molar refractivity (Wildman–Crippen MR) is 64.5 cm³/mol. The average molecular weight is 330 g/mol. The zero-order valence-corrected chi connectivity index (χ0v) is 11.0. The van der Waals surface area contributed by atoms with Crippen molar-refractivity contribution in [3.05, 3.63) is 0 Å². The zero-order valence-electron chi connectivity index (χ0n) is 11.0. The molecule has 22 heavy (non-hydrogen) atoms. The fraction of sp³-hybridized carbons (Fsp3) is 0.700. The van der Waals surface area contributed by atoms with Gasteiger partial charge in [0.2, 0.25) is 0 Å². The van der Waals surface area contributed by atoms with E-state index in [1.54, 1.807) is 0 Å². The first-order valence-electron chi connectivity index (χ1n) is 5.61. The first kappa shape index (κ1) is 22.6. The summed E-state index contributed by atoms with van der Waals surface area (Å²) in [5.41, 5.74) is 0. The highest BCUT2D eigenvalue weighted by molar-refractivity contribution is 5.83. The summed E-state index contributed by atoms with van der Waals surface area (Å²) >= 11 is 0. The Kier molecular flexibility index (Phi) is 11.3. The topological polar surface area (TPSA) is 233 Å². The number of aliphatic carboxylic acids is 2. The first-order chi connectivity index (χ1) is 10.0. The van der Waals surface area contributed by atoms with Gasteiger partial charge in [-0.1, -0.05) is 0 Å². The lowest BCUT2D eigenvalue weighted by Crippen LogP contribution is -2.46. The molecule has 0 amide bonds. The molecular weight excluding hydrogens is 312 g/mol. The number of carbonyl (C=O) groups is 3. The van der Waals surface area contributed by atoms with Crippen LogP contribution in [0.1, 0.15) is 0 Å². The highest BCUT2D eigenvalue weighted by Gasteiger charge is 2.30. The predicted octanol–water partition coefficient (Wildman–Crippen LogP) is -5.50. The molecule has 12 nitrogen and oxygen atoms in total. The number of hydrogen-bond donors (Lipinski definition) is 9. The lowest BCUT2D eigenvalue weighted by Gasteiger charge is -2.22. The van der Waals surface area contributed by atoms with Crippen LogP contribution in [0.25, 0.3) is 0 Å². The van der Waals surface area contributed by atoms with Gasteiger partial charge in [-0.2, -0.15) is 0 Å². The van der Waals surface area contributed by atoms with Crippen LogP contribution in [-0.2, 0) is 14.4 Å². The summed E-state index contributed by atoms with van der Waals surface area (Å²) in [4.78, 5) is 29.4. The summed E-state index contributed by atoms with van der Waals surface area (Å²) in [6.07, 6.45) is -11.4. The molecule has 0 aliphatic rings. The summed E-state index contributed by atoms with van der Waals surface area (Å²) in [6.45, 7) is -0.760. The third-order valence-electron chi connectivity index (χ3n) is 2.23. The fourth-order valence-electron chi connectivity index (χ4n) is 0.888. The van der Waals surface area contributed by atoms with Crippen LogP contribution < -0.4 is 0 Å². The Balaban J connectivity index is 0. The van der Waals surface area contributed by atoms with Gasteiger partial charge < -0.3 is 50.8 Å². The van der Waals surface area contributed by atoms with E-state index >= 15 is 0 Å². The van der Waals surface area contributed by atoms with E-state index in [0.29, 0.717) is 0 Å². The normalized spacial score (nSPS) is 18.7. The number of aldehydes is 1. The SMILES string of the molecule is O=C(O)[C@H](O)[C@@H](O)C(=O)O.O=C[C@H](O)[C@@H](O)[C@H](O)[C@H](O)CO. The Hall–Kier alpha value is -1.67. The number of aliphatic hydroxyl groups is 7. The largest absolute Gasteiger partial charge is 0.479 e. The summed E-state index contributed by atoms with van der Waals surface area (Å²) in [5, 5.41) is 76.1. The monoisotopic (exact) mass is 330 g/mol. The van der Waals surface area contributed by atoms with E-state index in [1.165, 1.54) is 0 Å². The van der Waals surface area contributed by atoms with Crippen molar-refractivity contribution in [2.24, 2.45) is 0 Å². The van der Waals surface area contributed by atoms with Crippen LogP contribution in [0, 0.1) is 0 Å². The van der Waals surface area contributed by atoms with Crippen molar-refractivity contribution in [2.45, 2.75) is 36.6 Å². The molecule has 0 fully saturated rings. The molecule has 0 radical (unpaired) electrons. The molecule has 0 aliphatic carbocycles. The minimum absolute atomic E-state index is 0.0258. The molecule has 6 atom stereocenters. The van der Waals surface area contributed by atoms with Crippen LogP contribution >= 0.6 is 0 Å². The average Bonchev–Trinajstić information content (AvgIpc) is 2.50. The molecule has 0 bridgehead atoms. The van der Waals surface area contributed by atoms with Gasteiger partial charge in [0.05, 0.1) is 6.61 Å². The molecule has 0 aromatic heterocycles. The Labute approximate surface area is 123 Å². The molecular formula is C10H18O12. The second-order valence-electron chi connectivity index (χ2n) is 3.92. The van der Waals surface area contributed by atoms with Crippen molar-refractivity contribution in [1.82, 2.24) is 0 Å². The maximum atomic E-state index is 9.90. The van der Waals surface area contributed by atoms with Crippen molar-refractivity contribution in [3.8, 4) is 0 Å². The Morgan fingerprint density at radius 2 is 1.18 bits per heavy atom. The zero-order chi connectivity index (χ0) is 18.0. The summed E-state index contributed by atoms with van der Waals surface area (Å²) < 4.78 is 0. The summed E-state index contributed by atoms with van der Waals surface area (Å²) in [5.74, 6) is -3.54. The second kappa shape index (κ2) is 11.0. The fourth-order valence-corrected chi connectivity index (χ4v) is 0.888. The lowest BCUT2D eigenvalue weighted by atomic mass is 10.0. The molecule has 0 unspecified atom stereocenters. The van der Waals surface area contributed by atoms with E-state index in [4.69, 9.17) is 46.0 Å². The number of hydrogen-bond acceptors (Lipinski definition) is 10. The van der Waals surface area contributed by atoms with Crippen LogP contribution in [0.2, 0.25) is 0 Å². The van der Waals surface area contributed by atoms with E-state index in [-0.39, 0.29) is 6.29 Å². The van der Waals surface area contributed by atoms with Gasteiger partial charge in [0.15, 0.2) is 18.5 Å². The molecule has 0 aromatic carbocycles. The van der Waals surface area contributed by atoms with Crippen LogP contribution in [0.3, 0.4) is 0 Å². The van der Waals surface area contributed by atoms with Gasteiger partial charge in [-0.3, -0.25) is 0 Å². The molecule has 0 aromatic rings. The maximum absolute atomic E-state index is 9.90. The minimum atomic E-state index is -2.27. The van der Waals surface area contributed by atoms with Crippen molar-refractivity contribution in [3.63, 3.8) is 0 Å².